The van der Waals surface area contributed by atoms with Crippen molar-refractivity contribution in [2.45, 2.75) is 6.42 Å². The molecule has 0 unspecified atom stereocenters. The molecule has 0 saturated heterocycles. The number of hydrogen-bond donors (Lipinski definition) is 1. The molecule has 0 saturated carbocycles. The molecule has 3 nitrogen and oxygen atoms in total. The molecule has 0 fully saturated rings. The number of rotatable bonds is 5. The molecule has 1 N–H and O–H groups in total. The molecular formula is C15H12Cl2FNO2. The molecule has 0 aliphatic heterocycles. The van der Waals surface area contributed by atoms with Crippen LogP contribution in [0.5, 0.6) is 5.75 Å². The molecule has 2 rings (SSSR count). The summed E-state index contributed by atoms with van der Waals surface area (Å²) in [7, 11) is 0. The maximum Gasteiger partial charge on any atom is 0.227 e. The average Bonchev–Trinajstić information content (AvgIpc) is 2.41. The second kappa shape index (κ2) is 7.29. The quantitative estimate of drug-likeness (QED) is 0.875. The van der Waals surface area contributed by atoms with Crippen molar-refractivity contribution in [1.82, 2.24) is 0 Å². The number of benzene rings is 2. The highest BCUT2D eigenvalue weighted by atomic mass is 35.5. The van der Waals surface area contributed by atoms with Gasteiger partial charge in [-0.3, -0.25) is 4.79 Å². The molecular weight excluding hydrogens is 316 g/mol. The van der Waals surface area contributed by atoms with E-state index in [4.69, 9.17) is 27.9 Å². The van der Waals surface area contributed by atoms with Crippen molar-refractivity contribution in [2.75, 3.05) is 11.9 Å². The topological polar surface area (TPSA) is 38.3 Å². The first-order valence-corrected chi connectivity index (χ1v) is 6.93. The summed E-state index contributed by atoms with van der Waals surface area (Å²) in [6.07, 6.45) is 0.139. The van der Waals surface area contributed by atoms with Gasteiger partial charge in [0.25, 0.3) is 0 Å². The third-order valence-electron chi connectivity index (χ3n) is 2.59. The zero-order valence-corrected chi connectivity index (χ0v) is 12.4. The molecule has 2 aromatic carbocycles. The van der Waals surface area contributed by atoms with E-state index in [1.807, 2.05) is 0 Å². The van der Waals surface area contributed by atoms with Crippen molar-refractivity contribution >= 4 is 34.8 Å². The normalized spacial score (nSPS) is 10.2. The lowest BCUT2D eigenvalue weighted by Crippen LogP contribution is -2.15. The highest BCUT2D eigenvalue weighted by molar-refractivity contribution is 6.32. The van der Waals surface area contributed by atoms with Crippen LogP contribution < -0.4 is 10.1 Å². The zero-order valence-electron chi connectivity index (χ0n) is 10.9. The van der Waals surface area contributed by atoms with E-state index in [-0.39, 0.29) is 24.0 Å². The number of hydrogen-bond acceptors (Lipinski definition) is 2. The lowest BCUT2D eigenvalue weighted by atomic mass is 10.3. The van der Waals surface area contributed by atoms with Gasteiger partial charge < -0.3 is 10.1 Å². The predicted molar refractivity (Wildman–Crippen MR) is 81.6 cm³/mol. The number of halogens is 3. The smallest absolute Gasteiger partial charge is 0.227 e. The average molecular weight is 328 g/mol. The Kier molecular flexibility index (Phi) is 5.42. The van der Waals surface area contributed by atoms with E-state index in [1.54, 1.807) is 24.3 Å². The molecule has 6 heteroatoms. The minimum absolute atomic E-state index is 0.137. The Morgan fingerprint density at radius 3 is 2.71 bits per heavy atom. The van der Waals surface area contributed by atoms with E-state index in [0.29, 0.717) is 16.5 Å². The monoisotopic (exact) mass is 327 g/mol. The van der Waals surface area contributed by atoms with Crippen molar-refractivity contribution in [3.05, 3.63) is 58.3 Å². The van der Waals surface area contributed by atoms with Crippen LogP contribution in [0.1, 0.15) is 6.42 Å². The van der Waals surface area contributed by atoms with E-state index >= 15 is 0 Å². The van der Waals surface area contributed by atoms with E-state index in [0.717, 1.165) is 6.07 Å². The standard InChI is InChI=1S/C15H12Cl2FNO2/c16-10-2-1-3-12(8-10)19-15(20)6-7-21-14-5-4-11(18)9-13(14)17/h1-5,8-9H,6-7H2,(H,19,20). The molecule has 0 atom stereocenters. The Balaban J connectivity index is 1.81. The number of anilines is 1. The second-order valence-corrected chi connectivity index (χ2v) is 5.08. The van der Waals surface area contributed by atoms with Gasteiger partial charge in [0.15, 0.2) is 0 Å². The largest absolute Gasteiger partial charge is 0.491 e. The van der Waals surface area contributed by atoms with Gasteiger partial charge in [-0.25, -0.2) is 4.39 Å². The number of ether oxygens (including phenoxy) is 1. The summed E-state index contributed by atoms with van der Waals surface area (Å²) in [5.74, 6) is -0.310. The highest BCUT2D eigenvalue weighted by Gasteiger charge is 2.06. The van der Waals surface area contributed by atoms with Crippen LogP contribution in [-0.4, -0.2) is 12.5 Å². The van der Waals surface area contributed by atoms with Gasteiger partial charge in [-0.05, 0) is 36.4 Å². The third-order valence-corrected chi connectivity index (χ3v) is 3.12. The molecule has 110 valence electrons. The summed E-state index contributed by atoms with van der Waals surface area (Å²) >= 11 is 11.6. The fraction of sp³-hybridized carbons (Fsp3) is 0.133. The van der Waals surface area contributed by atoms with Gasteiger partial charge in [0.05, 0.1) is 18.1 Å². The van der Waals surface area contributed by atoms with Crippen LogP contribution in [0.25, 0.3) is 0 Å². The summed E-state index contributed by atoms with van der Waals surface area (Å²) in [4.78, 5) is 11.7. The first kappa shape index (κ1) is 15.6. The van der Waals surface area contributed by atoms with Crippen LogP contribution in [-0.2, 0) is 4.79 Å². The first-order chi connectivity index (χ1) is 10.0. The van der Waals surface area contributed by atoms with Crippen LogP contribution in [0.2, 0.25) is 10.0 Å². The minimum atomic E-state index is -0.439. The molecule has 0 aromatic heterocycles. The molecule has 2 aromatic rings. The Bertz CT molecular complexity index is 649. The minimum Gasteiger partial charge on any atom is -0.491 e. The molecule has 0 bridgehead atoms. The predicted octanol–water partition coefficient (Wildman–Crippen LogP) is 4.54. The van der Waals surface area contributed by atoms with Crippen LogP contribution in [0.3, 0.4) is 0 Å². The highest BCUT2D eigenvalue weighted by Crippen LogP contribution is 2.24. The number of carbonyl (C=O) groups is 1. The molecule has 0 spiro atoms. The van der Waals surface area contributed by atoms with Gasteiger partial charge in [0, 0.05) is 10.7 Å². The zero-order chi connectivity index (χ0) is 15.2. The summed E-state index contributed by atoms with van der Waals surface area (Å²) in [5, 5.41) is 3.41. The summed E-state index contributed by atoms with van der Waals surface area (Å²) in [6.45, 7) is 0.137. The molecule has 0 aliphatic carbocycles. The number of nitrogens with one attached hydrogen (secondary N) is 1. The van der Waals surface area contributed by atoms with Crippen molar-refractivity contribution < 1.29 is 13.9 Å². The first-order valence-electron chi connectivity index (χ1n) is 6.18. The number of amides is 1. The lowest BCUT2D eigenvalue weighted by molar-refractivity contribution is -0.116. The Labute approximate surface area is 131 Å². The second-order valence-electron chi connectivity index (χ2n) is 4.23. The van der Waals surface area contributed by atoms with Gasteiger partial charge in [-0.2, -0.15) is 0 Å². The molecule has 1 amide bonds. The van der Waals surface area contributed by atoms with Gasteiger partial charge >= 0.3 is 0 Å². The van der Waals surface area contributed by atoms with E-state index in [2.05, 4.69) is 5.32 Å². The fourth-order valence-electron chi connectivity index (χ4n) is 1.64. The van der Waals surface area contributed by atoms with Gasteiger partial charge in [0.2, 0.25) is 5.91 Å². The third kappa shape index (κ3) is 4.92. The summed E-state index contributed by atoms with van der Waals surface area (Å²) in [6, 6.07) is 10.7. The maximum absolute atomic E-state index is 12.9. The van der Waals surface area contributed by atoms with E-state index in [1.165, 1.54) is 12.1 Å². The van der Waals surface area contributed by atoms with Crippen LogP contribution in [0.4, 0.5) is 10.1 Å². The Morgan fingerprint density at radius 1 is 1.19 bits per heavy atom. The molecule has 0 radical (unpaired) electrons. The maximum atomic E-state index is 12.9. The van der Waals surface area contributed by atoms with E-state index in [9.17, 15) is 9.18 Å². The Morgan fingerprint density at radius 2 is 2.00 bits per heavy atom. The Hall–Kier alpha value is -1.78. The van der Waals surface area contributed by atoms with Crippen molar-refractivity contribution in [1.29, 1.82) is 0 Å². The lowest BCUT2D eigenvalue weighted by Gasteiger charge is -2.08. The van der Waals surface area contributed by atoms with Crippen molar-refractivity contribution in [2.24, 2.45) is 0 Å². The van der Waals surface area contributed by atoms with Gasteiger partial charge in [-0.1, -0.05) is 29.3 Å². The summed E-state index contributed by atoms with van der Waals surface area (Å²) < 4.78 is 18.2. The summed E-state index contributed by atoms with van der Waals surface area (Å²) in [5.41, 5.74) is 0.618. The van der Waals surface area contributed by atoms with Gasteiger partial charge in [-0.15, -0.1) is 0 Å². The van der Waals surface area contributed by atoms with Gasteiger partial charge in [0.1, 0.15) is 11.6 Å². The SMILES string of the molecule is O=C(CCOc1ccc(F)cc1Cl)Nc1cccc(Cl)c1. The fourth-order valence-corrected chi connectivity index (χ4v) is 2.05. The van der Waals surface area contributed by atoms with Crippen LogP contribution in [0, 0.1) is 5.82 Å². The van der Waals surface area contributed by atoms with E-state index < -0.39 is 5.82 Å². The number of carbonyl (C=O) groups excluding carboxylic acids is 1. The molecule has 21 heavy (non-hydrogen) atoms. The molecule has 0 aliphatic rings. The van der Waals surface area contributed by atoms with Crippen molar-refractivity contribution in [3.63, 3.8) is 0 Å². The van der Waals surface area contributed by atoms with Crippen LogP contribution in [0.15, 0.2) is 42.5 Å². The van der Waals surface area contributed by atoms with Crippen molar-refractivity contribution in [3.8, 4) is 5.75 Å². The van der Waals surface area contributed by atoms with Crippen LogP contribution >= 0.6 is 23.2 Å². The molecule has 0 heterocycles.